The molecule has 0 bridgehead atoms. The molecule has 3 aliphatic rings. The number of phenols is 2. The number of ketones is 1. The highest BCUT2D eigenvalue weighted by Crippen LogP contribution is 2.43. The topological polar surface area (TPSA) is 242 Å². The number of hydrogen-bond donors (Lipinski definition) is 8. The Labute approximate surface area is 231 Å². The molecule has 0 spiro atoms. The fourth-order valence-electron chi connectivity index (χ4n) is 4.84. The molecule has 3 aliphatic heterocycles. The number of phenolic OH excluding ortho intramolecular Hbond substituents is 2. The molecule has 3 heterocycles. The normalized spacial score (nSPS) is 35.0. The van der Waals surface area contributed by atoms with Crippen LogP contribution in [-0.4, -0.2) is 115 Å². The largest absolute Gasteiger partial charge is 0.508 e. The summed E-state index contributed by atoms with van der Waals surface area (Å²) in [7, 11) is 0. The molecule has 0 aliphatic carbocycles. The van der Waals surface area contributed by atoms with E-state index < -0.39 is 85.5 Å². The van der Waals surface area contributed by atoms with Crippen molar-refractivity contribution in [3.05, 3.63) is 47.5 Å². The first-order valence-electron chi connectivity index (χ1n) is 12.5. The zero-order chi connectivity index (χ0) is 29.6. The van der Waals surface area contributed by atoms with Gasteiger partial charge in [-0.15, -0.1) is 0 Å². The van der Waals surface area contributed by atoms with Gasteiger partial charge < -0.3 is 64.5 Å². The number of hydrogen-bond acceptors (Lipinski definition) is 14. The number of aliphatic hydroxyl groups excluding tert-OH is 4. The highest BCUT2D eigenvalue weighted by molar-refractivity contribution is 6.02. The SMILES string of the molecule is O=C1CC(c2ccc(O)cc2)Oc2cc(OC3OC(C(=O)O)C(OC4OCC(O)(CO)C4O)C(O)C3O)cc(O)c21. The number of aliphatic carboxylic acids is 1. The molecule has 2 aromatic rings. The van der Waals surface area contributed by atoms with Crippen LogP contribution in [0.4, 0.5) is 0 Å². The van der Waals surface area contributed by atoms with Crippen molar-refractivity contribution < 1.29 is 74.1 Å². The minimum atomic E-state index is -2.09. The predicted molar refractivity (Wildman–Crippen MR) is 130 cm³/mol. The summed E-state index contributed by atoms with van der Waals surface area (Å²) in [5.74, 6) is -2.85. The van der Waals surface area contributed by atoms with E-state index in [1.807, 2.05) is 0 Å². The minimum Gasteiger partial charge on any atom is -0.508 e. The molecular formula is C26H28O15. The van der Waals surface area contributed by atoms with E-state index in [2.05, 4.69) is 0 Å². The van der Waals surface area contributed by atoms with E-state index in [0.717, 1.165) is 6.07 Å². The van der Waals surface area contributed by atoms with Crippen molar-refractivity contribution in [2.24, 2.45) is 0 Å². The maximum atomic E-state index is 12.8. The zero-order valence-electron chi connectivity index (χ0n) is 21.1. The van der Waals surface area contributed by atoms with Gasteiger partial charge in [0.1, 0.15) is 64.7 Å². The van der Waals surface area contributed by atoms with E-state index in [1.54, 1.807) is 12.1 Å². The van der Waals surface area contributed by atoms with Crippen LogP contribution in [0.25, 0.3) is 0 Å². The van der Waals surface area contributed by atoms with Crippen molar-refractivity contribution in [1.29, 1.82) is 0 Å². The molecule has 9 atom stereocenters. The van der Waals surface area contributed by atoms with Crippen LogP contribution in [0, 0.1) is 0 Å². The molecule has 0 aromatic heterocycles. The number of carboxylic acids is 1. The summed E-state index contributed by atoms with van der Waals surface area (Å²) in [6.45, 7) is -1.44. The van der Waals surface area contributed by atoms with Gasteiger partial charge in [-0.1, -0.05) is 12.1 Å². The second-order valence-corrected chi connectivity index (χ2v) is 9.99. The second kappa shape index (κ2) is 11.0. The number of aromatic hydroxyl groups is 2. The lowest BCUT2D eigenvalue weighted by atomic mass is 9.95. The quantitative estimate of drug-likeness (QED) is 0.187. The van der Waals surface area contributed by atoms with Crippen molar-refractivity contribution in [1.82, 2.24) is 0 Å². The van der Waals surface area contributed by atoms with Crippen LogP contribution in [0.2, 0.25) is 0 Å². The number of carbonyl (C=O) groups excluding carboxylic acids is 1. The smallest absolute Gasteiger partial charge is 0.335 e. The Morgan fingerprint density at radius 2 is 1.76 bits per heavy atom. The first-order chi connectivity index (χ1) is 19.4. The minimum absolute atomic E-state index is 0.0174. The van der Waals surface area contributed by atoms with Gasteiger partial charge >= 0.3 is 5.97 Å². The Kier molecular flexibility index (Phi) is 7.80. The Balaban J connectivity index is 1.34. The molecule has 5 rings (SSSR count). The van der Waals surface area contributed by atoms with Crippen LogP contribution < -0.4 is 9.47 Å². The molecule has 0 radical (unpaired) electrons. The third-order valence-corrected chi connectivity index (χ3v) is 7.15. The fraction of sp³-hybridized carbons (Fsp3) is 0.462. The number of carboxylic acid groups (broad SMARTS) is 1. The van der Waals surface area contributed by atoms with Crippen LogP contribution in [0.1, 0.15) is 28.4 Å². The molecule has 15 heteroatoms. The molecule has 2 saturated heterocycles. The van der Waals surface area contributed by atoms with E-state index in [-0.39, 0.29) is 29.2 Å². The van der Waals surface area contributed by atoms with Gasteiger partial charge in [-0.3, -0.25) is 4.79 Å². The first-order valence-corrected chi connectivity index (χ1v) is 12.5. The van der Waals surface area contributed by atoms with Gasteiger partial charge in [0.25, 0.3) is 0 Å². The summed E-state index contributed by atoms with van der Waals surface area (Å²) < 4.78 is 27.3. The maximum Gasteiger partial charge on any atom is 0.335 e. The summed E-state index contributed by atoms with van der Waals surface area (Å²) in [6.07, 6.45) is -13.9. The molecule has 0 saturated carbocycles. The van der Waals surface area contributed by atoms with Crippen molar-refractivity contribution in [3.8, 4) is 23.0 Å². The van der Waals surface area contributed by atoms with Crippen molar-refractivity contribution in [2.75, 3.05) is 13.2 Å². The summed E-state index contributed by atoms with van der Waals surface area (Å²) in [5.41, 5.74) is -1.63. The second-order valence-electron chi connectivity index (χ2n) is 9.99. The van der Waals surface area contributed by atoms with Crippen LogP contribution in [-0.2, 0) is 19.0 Å². The van der Waals surface area contributed by atoms with E-state index in [4.69, 9.17) is 23.7 Å². The lowest BCUT2D eigenvalue weighted by Gasteiger charge is -2.41. The van der Waals surface area contributed by atoms with Crippen molar-refractivity contribution in [2.45, 2.75) is 61.2 Å². The monoisotopic (exact) mass is 580 g/mol. The Morgan fingerprint density at radius 1 is 1.05 bits per heavy atom. The zero-order valence-corrected chi connectivity index (χ0v) is 21.1. The molecule has 0 amide bonds. The third-order valence-electron chi connectivity index (χ3n) is 7.15. The van der Waals surface area contributed by atoms with Crippen LogP contribution in [0.15, 0.2) is 36.4 Å². The van der Waals surface area contributed by atoms with Crippen LogP contribution in [0.5, 0.6) is 23.0 Å². The van der Waals surface area contributed by atoms with E-state index >= 15 is 0 Å². The highest BCUT2D eigenvalue weighted by atomic mass is 16.7. The number of Topliss-reactive ketones (excluding diaryl/α,β-unsaturated/α-hetero) is 1. The number of rotatable bonds is 7. The van der Waals surface area contributed by atoms with Gasteiger partial charge in [0.05, 0.1) is 19.6 Å². The number of benzene rings is 2. The van der Waals surface area contributed by atoms with Gasteiger partial charge in [0, 0.05) is 12.1 Å². The molecule has 41 heavy (non-hydrogen) atoms. The van der Waals surface area contributed by atoms with Crippen molar-refractivity contribution >= 4 is 11.8 Å². The number of carbonyl (C=O) groups is 2. The van der Waals surface area contributed by atoms with Crippen LogP contribution in [0.3, 0.4) is 0 Å². The van der Waals surface area contributed by atoms with E-state index in [9.17, 15) is 50.4 Å². The predicted octanol–water partition coefficient (Wildman–Crippen LogP) is -1.46. The molecule has 15 nitrogen and oxygen atoms in total. The van der Waals surface area contributed by atoms with Crippen molar-refractivity contribution in [3.63, 3.8) is 0 Å². The molecule has 9 unspecified atom stereocenters. The number of aliphatic hydroxyl groups is 5. The lowest BCUT2D eigenvalue weighted by Crippen LogP contribution is -2.63. The Morgan fingerprint density at radius 3 is 2.39 bits per heavy atom. The Bertz CT molecular complexity index is 1300. The fourth-order valence-corrected chi connectivity index (χ4v) is 4.84. The summed E-state index contributed by atoms with van der Waals surface area (Å²) in [6, 6.07) is 8.22. The average molecular weight is 580 g/mol. The van der Waals surface area contributed by atoms with Gasteiger partial charge in [0.15, 0.2) is 18.2 Å². The number of ether oxygens (including phenoxy) is 5. The summed E-state index contributed by atoms with van der Waals surface area (Å²) in [5, 5.41) is 80.8. The van der Waals surface area contributed by atoms with Gasteiger partial charge in [-0.2, -0.15) is 0 Å². The lowest BCUT2D eigenvalue weighted by molar-refractivity contribution is -0.306. The van der Waals surface area contributed by atoms with E-state index in [0.29, 0.717) is 5.56 Å². The molecule has 222 valence electrons. The number of fused-ring (bicyclic) bond motifs is 1. The molecule has 8 N–H and O–H groups in total. The van der Waals surface area contributed by atoms with Gasteiger partial charge in [-0.25, -0.2) is 4.79 Å². The average Bonchev–Trinajstić information content (AvgIpc) is 3.21. The standard InChI is InChI=1S/C26H28O15/c27-8-26(36)9-37-25(22(26)33)40-20-18(31)19(32)24(41-21(20)23(34)35)38-12-5-13(29)17-14(30)7-15(39-16(17)6-12)10-1-3-11(28)4-2-10/h1-6,15,18-22,24-25,27-29,31-33,36H,7-9H2,(H,34,35). The third kappa shape index (κ3) is 5.41. The first kappa shape index (κ1) is 29.0. The molecule has 2 fully saturated rings. The molecular weight excluding hydrogens is 552 g/mol. The summed E-state index contributed by atoms with van der Waals surface area (Å²) >= 11 is 0. The van der Waals surface area contributed by atoms with Crippen LogP contribution >= 0.6 is 0 Å². The Hall–Kier alpha value is -3.54. The van der Waals surface area contributed by atoms with E-state index in [1.165, 1.54) is 18.2 Å². The molecule has 2 aromatic carbocycles. The van der Waals surface area contributed by atoms with Gasteiger partial charge in [0.2, 0.25) is 6.29 Å². The maximum absolute atomic E-state index is 12.8. The summed E-state index contributed by atoms with van der Waals surface area (Å²) in [4.78, 5) is 24.7. The highest BCUT2D eigenvalue weighted by Gasteiger charge is 2.55. The van der Waals surface area contributed by atoms with Gasteiger partial charge in [-0.05, 0) is 17.7 Å².